The van der Waals surface area contributed by atoms with Crippen molar-refractivity contribution < 1.29 is 18.4 Å². The zero-order valence-corrected chi connectivity index (χ0v) is 17.0. The summed E-state index contributed by atoms with van der Waals surface area (Å²) in [6, 6.07) is 10.6. The summed E-state index contributed by atoms with van der Waals surface area (Å²) < 4.78 is 27.3. The fourth-order valence-electron chi connectivity index (χ4n) is 4.31. The molecule has 0 aromatic heterocycles. The van der Waals surface area contributed by atoms with Gasteiger partial charge in [0.05, 0.1) is 5.56 Å². The molecule has 5 nitrogen and oxygen atoms in total. The highest BCUT2D eigenvalue weighted by molar-refractivity contribution is 5.95. The van der Waals surface area contributed by atoms with Gasteiger partial charge in [0.25, 0.3) is 5.91 Å². The van der Waals surface area contributed by atoms with Crippen LogP contribution in [0, 0.1) is 18.6 Å². The number of carbonyl (C=O) groups is 2. The zero-order valence-electron chi connectivity index (χ0n) is 17.0. The van der Waals surface area contributed by atoms with Gasteiger partial charge in [0.15, 0.2) is 0 Å². The van der Waals surface area contributed by atoms with E-state index in [-0.39, 0.29) is 18.0 Å². The summed E-state index contributed by atoms with van der Waals surface area (Å²) in [5, 5.41) is 0. The van der Waals surface area contributed by atoms with E-state index in [1.165, 1.54) is 11.0 Å². The number of rotatable bonds is 3. The molecular formula is C23H25F2N3O2. The summed E-state index contributed by atoms with van der Waals surface area (Å²) in [5.74, 6) is -2.11. The lowest BCUT2D eigenvalue weighted by atomic mass is 10.1. The number of hydrogen-bond donors (Lipinski definition) is 0. The fraction of sp³-hybridized carbons (Fsp3) is 0.391. The first-order chi connectivity index (χ1) is 14.4. The van der Waals surface area contributed by atoms with Crippen LogP contribution < -0.4 is 0 Å². The molecule has 2 amide bonds. The summed E-state index contributed by atoms with van der Waals surface area (Å²) in [6.45, 7) is 5.30. The summed E-state index contributed by atoms with van der Waals surface area (Å²) in [5.41, 5.74) is 2.06. The van der Waals surface area contributed by atoms with Crippen LogP contribution in [0.1, 0.15) is 27.9 Å². The molecular weight excluding hydrogens is 388 g/mol. The lowest BCUT2D eigenvalue weighted by Gasteiger charge is -2.40. The molecule has 0 spiro atoms. The van der Waals surface area contributed by atoms with Gasteiger partial charge in [-0.3, -0.25) is 14.5 Å². The monoisotopic (exact) mass is 413 g/mol. The molecule has 0 radical (unpaired) electrons. The van der Waals surface area contributed by atoms with Crippen LogP contribution >= 0.6 is 0 Å². The lowest BCUT2D eigenvalue weighted by molar-refractivity contribution is -0.142. The molecule has 2 aliphatic heterocycles. The van der Waals surface area contributed by atoms with Crippen LogP contribution in [0.15, 0.2) is 42.5 Å². The third-order valence-corrected chi connectivity index (χ3v) is 5.87. The summed E-state index contributed by atoms with van der Waals surface area (Å²) >= 11 is 0. The molecule has 2 saturated heterocycles. The Labute approximate surface area is 174 Å². The molecule has 4 rings (SSSR count). The largest absolute Gasteiger partial charge is 0.336 e. The van der Waals surface area contributed by atoms with Gasteiger partial charge in [-0.25, -0.2) is 8.78 Å². The Kier molecular flexibility index (Phi) is 5.81. The molecule has 7 heteroatoms. The Morgan fingerprint density at radius 2 is 1.90 bits per heavy atom. The molecule has 1 unspecified atom stereocenters. The summed E-state index contributed by atoms with van der Waals surface area (Å²) in [6.07, 6.45) is 0.705. The maximum absolute atomic E-state index is 14.1. The SMILES string of the molecule is Cc1cccc(CN2CCN3CCCN(C(=O)c4ccc(F)cc4F)CC3C2=O)c1. The molecule has 0 N–H and O–H groups in total. The maximum Gasteiger partial charge on any atom is 0.256 e. The van der Waals surface area contributed by atoms with Crippen LogP contribution in [-0.4, -0.2) is 65.3 Å². The fourth-order valence-corrected chi connectivity index (χ4v) is 4.31. The number of piperazine rings is 1. The van der Waals surface area contributed by atoms with E-state index in [0.29, 0.717) is 38.7 Å². The Bertz CT molecular complexity index is 965. The number of carbonyl (C=O) groups excluding carboxylic acids is 2. The molecule has 0 saturated carbocycles. The minimum absolute atomic E-state index is 0.0120. The van der Waals surface area contributed by atoms with Crippen LogP contribution in [0.2, 0.25) is 0 Å². The van der Waals surface area contributed by atoms with Crippen molar-refractivity contribution in [1.29, 1.82) is 0 Å². The van der Waals surface area contributed by atoms with Gasteiger partial charge in [0, 0.05) is 45.3 Å². The van der Waals surface area contributed by atoms with Crippen LogP contribution in [-0.2, 0) is 11.3 Å². The van der Waals surface area contributed by atoms with Crippen molar-refractivity contribution in [3.05, 3.63) is 70.8 Å². The smallest absolute Gasteiger partial charge is 0.256 e. The molecule has 2 fully saturated rings. The Morgan fingerprint density at radius 1 is 1.07 bits per heavy atom. The Hall–Kier alpha value is -2.80. The summed E-state index contributed by atoms with van der Waals surface area (Å²) in [7, 11) is 0. The average molecular weight is 413 g/mol. The molecule has 30 heavy (non-hydrogen) atoms. The lowest BCUT2D eigenvalue weighted by Crippen LogP contribution is -2.59. The van der Waals surface area contributed by atoms with Crippen molar-refractivity contribution in [2.24, 2.45) is 0 Å². The third-order valence-electron chi connectivity index (χ3n) is 5.87. The summed E-state index contributed by atoms with van der Waals surface area (Å²) in [4.78, 5) is 31.6. The predicted molar refractivity (Wildman–Crippen MR) is 109 cm³/mol. The average Bonchev–Trinajstić information content (AvgIpc) is 2.93. The highest BCUT2D eigenvalue weighted by Gasteiger charge is 2.38. The first-order valence-electron chi connectivity index (χ1n) is 10.2. The van der Waals surface area contributed by atoms with Gasteiger partial charge in [-0.15, -0.1) is 0 Å². The van der Waals surface area contributed by atoms with Crippen LogP contribution in [0.4, 0.5) is 8.78 Å². The molecule has 2 aromatic carbocycles. The van der Waals surface area contributed by atoms with E-state index in [2.05, 4.69) is 11.0 Å². The highest BCUT2D eigenvalue weighted by atomic mass is 19.1. The van der Waals surface area contributed by atoms with Gasteiger partial charge >= 0.3 is 0 Å². The van der Waals surface area contributed by atoms with Crippen molar-refractivity contribution in [3.8, 4) is 0 Å². The van der Waals surface area contributed by atoms with Gasteiger partial charge in [0.2, 0.25) is 5.91 Å². The topological polar surface area (TPSA) is 43.9 Å². The van der Waals surface area contributed by atoms with E-state index < -0.39 is 23.6 Å². The number of fused-ring (bicyclic) bond motifs is 1. The number of halogens is 2. The Morgan fingerprint density at radius 3 is 2.67 bits per heavy atom. The first-order valence-corrected chi connectivity index (χ1v) is 10.2. The van der Waals surface area contributed by atoms with E-state index in [1.54, 1.807) is 0 Å². The van der Waals surface area contributed by atoms with Gasteiger partial charge < -0.3 is 9.80 Å². The van der Waals surface area contributed by atoms with Crippen LogP contribution in [0.25, 0.3) is 0 Å². The molecule has 2 aliphatic rings. The highest BCUT2D eigenvalue weighted by Crippen LogP contribution is 2.21. The van der Waals surface area contributed by atoms with E-state index in [1.807, 2.05) is 30.0 Å². The van der Waals surface area contributed by atoms with Crippen molar-refractivity contribution >= 4 is 11.8 Å². The number of benzene rings is 2. The van der Waals surface area contributed by atoms with E-state index in [9.17, 15) is 18.4 Å². The van der Waals surface area contributed by atoms with Crippen molar-refractivity contribution in [3.63, 3.8) is 0 Å². The molecule has 0 aliphatic carbocycles. The number of amides is 2. The standard InChI is InChI=1S/C23H25F2N3O2/c1-16-4-2-5-17(12-16)14-28-11-10-26-8-3-9-27(15-21(26)23(28)30)22(29)19-7-6-18(24)13-20(19)25/h2,4-7,12-13,21H,3,8-11,14-15H2,1H3. The van der Waals surface area contributed by atoms with Crippen LogP contribution in [0.3, 0.4) is 0 Å². The second kappa shape index (κ2) is 8.52. The van der Waals surface area contributed by atoms with Gasteiger partial charge in [-0.2, -0.15) is 0 Å². The Balaban J connectivity index is 1.51. The number of aryl methyl sites for hydroxylation is 1. The predicted octanol–water partition coefficient (Wildman–Crippen LogP) is 2.83. The van der Waals surface area contributed by atoms with Crippen molar-refractivity contribution in [1.82, 2.24) is 14.7 Å². The minimum atomic E-state index is -0.878. The minimum Gasteiger partial charge on any atom is -0.336 e. The molecule has 158 valence electrons. The zero-order chi connectivity index (χ0) is 21.3. The molecule has 1 atom stereocenters. The second-order valence-electron chi connectivity index (χ2n) is 8.03. The molecule has 2 aromatic rings. The van der Waals surface area contributed by atoms with Crippen molar-refractivity contribution in [2.75, 3.05) is 32.7 Å². The quantitative estimate of drug-likeness (QED) is 0.777. The van der Waals surface area contributed by atoms with Crippen LogP contribution in [0.5, 0.6) is 0 Å². The normalized spacial score (nSPS) is 20.1. The molecule has 2 heterocycles. The molecule has 0 bridgehead atoms. The third kappa shape index (κ3) is 4.21. The second-order valence-corrected chi connectivity index (χ2v) is 8.03. The van der Waals surface area contributed by atoms with E-state index in [0.717, 1.165) is 23.7 Å². The maximum atomic E-state index is 14.1. The number of hydrogen-bond acceptors (Lipinski definition) is 3. The van der Waals surface area contributed by atoms with E-state index in [4.69, 9.17) is 0 Å². The number of nitrogens with zero attached hydrogens (tertiary/aromatic N) is 3. The van der Waals surface area contributed by atoms with Gasteiger partial charge in [-0.1, -0.05) is 29.8 Å². The van der Waals surface area contributed by atoms with Crippen molar-refractivity contribution in [2.45, 2.75) is 25.9 Å². The first kappa shape index (κ1) is 20.5. The van der Waals surface area contributed by atoms with Gasteiger partial charge in [-0.05, 0) is 31.0 Å². The van der Waals surface area contributed by atoms with E-state index >= 15 is 0 Å². The van der Waals surface area contributed by atoms with Gasteiger partial charge in [0.1, 0.15) is 17.7 Å².